The Bertz CT molecular complexity index is 1150. The highest BCUT2D eigenvalue weighted by molar-refractivity contribution is 6.06. The first-order valence-corrected chi connectivity index (χ1v) is 9.74. The Hall–Kier alpha value is -2.95. The number of nitrogens with one attached hydrogen (secondary N) is 1. The van der Waals surface area contributed by atoms with Crippen molar-refractivity contribution in [3.05, 3.63) is 94.3 Å². The zero-order valence-electron chi connectivity index (χ0n) is 16.3. The van der Waals surface area contributed by atoms with Gasteiger partial charge in [0.2, 0.25) is 0 Å². The third-order valence-electron chi connectivity index (χ3n) is 5.38. The number of benzene rings is 3. The van der Waals surface area contributed by atoms with Gasteiger partial charge in [-0.25, -0.2) is 4.79 Å². The summed E-state index contributed by atoms with van der Waals surface area (Å²) in [6, 6.07) is 24.8. The molecule has 0 aliphatic carbocycles. The summed E-state index contributed by atoms with van der Waals surface area (Å²) in [6.45, 7) is 1.69. The van der Waals surface area contributed by atoms with Gasteiger partial charge in [0.1, 0.15) is 18.7 Å². The van der Waals surface area contributed by atoms with Crippen LogP contribution in [0.3, 0.4) is 0 Å². The van der Waals surface area contributed by atoms with E-state index >= 15 is 0 Å². The van der Waals surface area contributed by atoms with E-state index in [0.29, 0.717) is 11.6 Å². The molecule has 0 saturated carbocycles. The number of hydrogen-bond donors (Lipinski definition) is 2. The fraction of sp³-hybridized carbons (Fsp3) is 0.208. The first-order valence-electron chi connectivity index (χ1n) is 9.74. The molecule has 0 bridgehead atoms. The van der Waals surface area contributed by atoms with Crippen LogP contribution < -0.4 is 15.8 Å². The summed E-state index contributed by atoms with van der Waals surface area (Å²) >= 11 is 0. The number of likely N-dealkylation sites (N-methyl/N-ethyl adjacent to an activating group) is 1. The van der Waals surface area contributed by atoms with Gasteiger partial charge in [0.05, 0.1) is 14.1 Å². The smallest absolute Gasteiger partial charge is 0.336 e. The van der Waals surface area contributed by atoms with Crippen molar-refractivity contribution in [2.45, 2.75) is 12.6 Å². The molecule has 28 heavy (non-hydrogen) atoms. The van der Waals surface area contributed by atoms with Gasteiger partial charge in [0.15, 0.2) is 6.04 Å². The lowest BCUT2D eigenvalue weighted by atomic mass is 10.0. The van der Waals surface area contributed by atoms with Crippen molar-refractivity contribution in [2.24, 2.45) is 0 Å². The maximum atomic E-state index is 12.1. The van der Waals surface area contributed by atoms with Gasteiger partial charge in [-0.2, -0.15) is 0 Å². The molecule has 4 aromatic rings. The van der Waals surface area contributed by atoms with Crippen LogP contribution in [0.4, 0.5) is 0 Å². The normalized spacial score (nSPS) is 12.7. The Balaban J connectivity index is 1.64. The van der Waals surface area contributed by atoms with E-state index in [9.17, 15) is 4.79 Å². The van der Waals surface area contributed by atoms with Crippen LogP contribution in [0.1, 0.15) is 17.2 Å². The van der Waals surface area contributed by atoms with E-state index in [-0.39, 0.29) is 5.63 Å². The highest BCUT2D eigenvalue weighted by Crippen LogP contribution is 2.26. The quantitative estimate of drug-likeness (QED) is 0.400. The second-order valence-corrected chi connectivity index (χ2v) is 7.52. The second-order valence-electron chi connectivity index (χ2n) is 7.52. The van der Waals surface area contributed by atoms with Crippen LogP contribution in [-0.2, 0) is 6.54 Å². The highest BCUT2D eigenvalue weighted by atomic mass is 16.4. The van der Waals surface area contributed by atoms with E-state index in [1.807, 2.05) is 24.3 Å². The van der Waals surface area contributed by atoms with Crippen molar-refractivity contribution in [1.82, 2.24) is 0 Å². The standard InChI is InChI=1S/C24H24N2O2/c1-26(2)21(18-9-4-3-5-10-18)16-25-15-19-14-23(27)28-22-13-12-17-8-6-7-11-20(17)24(19)22/h3-14,21,25H,15-16H2,1-2H3/p+2/t21-/m0/s1. The number of hydrogen-bond acceptors (Lipinski definition) is 2. The molecule has 4 nitrogen and oxygen atoms in total. The van der Waals surface area contributed by atoms with E-state index in [0.717, 1.165) is 34.8 Å². The first kappa shape index (κ1) is 18.4. The van der Waals surface area contributed by atoms with Crippen molar-refractivity contribution < 1.29 is 14.6 Å². The zero-order valence-corrected chi connectivity index (χ0v) is 16.3. The number of fused-ring (bicyclic) bond motifs is 3. The van der Waals surface area contributed by atoms with Gasteiger partial charge in [0, 0.05) is 22.6 Å². The Morgan fingerprint density at radius 2 is 1.71 bits per heavy atom. The summed E-state index contributed by atoms with van der Waals surface area (Å²) in [7, 11) is 4.37. The van der Waals surface area contributed by atoms with Crippen LogP contribution in [0.25, 0.3) is 21.7 Å². The van der Waals surface area contributed by atoms with Gasteiger partial charge in [-0.1, -0.05) is 60.7 Å². The van der Waals surface area contributed by atoms with Crippen molar-refractivity contribution in [2.75, 3.05) is 20.6 Å². The van der Waals surface area contributed by atoms with E-state index < -0.39 is 0 Å². The summed E-state index contributed by atoms with van der Waals surface area (Å²) in [5.74, 6) is 0. The van der Waals surface area contributed by atoms with Gasteiger partial charge in [-0.15, -0.1) is 0 Å². The van der Waals surface area contributed by atoms with Crippen LogP contribution in [0.5, 0.6) is 0 Å². The molecule has 0 unspecified atom stereocenters. The third kappa shape index (κ3) is 3.70. The minimum Gasteiger partial charge on any atom is -0.423 e. The van der Waals surface area contributed by atoms with Crippen molar-refractivity contribution >= 4 is 21.7 Å². The molecular weight excluding hydrogens is 348 g/mol. The molecule has 0 spiro atoms. The summed E-state index contributed by atoms with van der Waals surface area (Å²) in [5, 5.41) is 5.62. The van der Waals surface area contributed by atoms with E-state index in [4.69, 9.17) is 4.42 Å². The van der Waals surface area contributed by atoms with E-state index in [1.54, 1.807) is 6.07 Å². The van der Waals surface area contributed by atoms with Crippen LogP contribution in [0.2, 0.25) is 0 Å². The molecule has 4 heteroatoms. The molecule has 0 radical (unpaired) electrons. The van der Waals surface area contributed by atoms with Crippen molar-refractivity contribution in [3.63, 3.8) is 0 Å². The average molecular weight is 374 g/mol. The average Bonchev–Trinajstić information content (AvgIpc) is 2.71. The topological polar surface area (TPSA) is 51.3 Å². The summed E-state index contributed by atoms with van der Waals surface area (Å²) in [6.07, 6.45) is 0. The Labute approximate surface area is 164 Å². The molecular formula is C24H26N2O2+2. The lowest BCUT2D eigenvalue weighted by Crippen LogP contribution is -3.09. The van der Waals surface area contributed by atoms with Gasteiger partial charge >= 0.3 is 5.63 Å². The molecule has 0 fully saturated rings. The van der Waals surface area contributed by atoms with Gasteiger partial charge < -0.3 is 14.6 Å². The molecule has 1 aromatic heterocycles. The molecule has 0 aliphatic heterocycles. The third-order valence-corrected chi connectivity index (χ3v) is 5.38. The minimum atomic E-state index is -0.288. The van der Waals surface area contributed by atoms with Crippen LogP contribution in [-0.4, -0.2) is 20.6 Å². The van der Waals surface area contributed by atoms with E-state index in [2.05, 4.69) is 61.9 Å². The maximum Gasteiger partial charge on any atom is 0.336 e. The molecule has 3 aromatic carbocycles. The van der Waals surface area contributed by atoms with Gasteiger partial charge in [-0.3, -0.25) is 0 Å². The second kappa shape index (κ2) is 7.97. The van der Waals surface area contributed by atoms with Gasteiger partial charge in [-0.05, 0) is 16.8 Å². The Morgan fingerprint density at radius 1 is 0.964 bits per heavy atom. The van der Waals surface area contributed by atoms with E-state index in [1.165, 1.54) is 10.5 Å². The predicted octanol–water partition coefficient (Wildman–Crippen LogP) is 1.90. The van der Waals surface area contributed by atoms with Crippen molar-refractivity contribution in [3.8, 4) is 0 Å². The minimum absolute atomic E-state index is 0.288. The first-order chi connectivity index (χ1) is 13.6. The van der Waals surface area contributed by atoms with Crippen LogP contribution >= 0.6 is 0 Å². The molecule has 3 N–H and O–H groups in total. The molecule has 4 rings (SSSR count). The highest BCUT2D eigenvalue weighted by Gasteiger charge is 2.20. The molecule has 142 valence electrons. The summed E-state index contributed by atoms with van der Waals surface area (Å²) < 4.78 is 5.47. The Morgan fingerprint density at radius 3 is 2.50 bits per heavy atom. The van der Waals surface area contributed by atoms with Crippen LogP contribution in [0.15, 0.2) is 82.0 Å². The molecule has 0 amide bonds. The molecule has 1 atom stereocenters. The number of quaternary nitrogens is 2. The fourth-order valence-corrected chi connectivity index (χ4v) is 3.98. The number of rotatable bonds is 6. The Kier molecular flexibility index (Phi) is 5.24. The maximum absolute atomic E-state index is 12.1. The lowest BCUT2D eigenvalue weighted by Gasteiger charge is -2.20. The SMILES string of the molecule is C[NH+](C)[C@@H](C[NH2+]Cc1cc(=O)oc2ccc3ccccc3c12)c1ccccc1. The van der Waals surface area contributed by atoms with Gasteiger partial charge in [0.25, 0.3) is 0 Å². The largest absolute Gasteiger partial charge is 0.423 e. The predicted molar refractivity (Wildman–Crippen MR) is 112 cm³/mol. The molecule has 0 aliphatic rings. The molecule has 1 heterocycles. The van der Waals surface area contributed by atoms with Crippen molar-refractivity contribution in [1.29, 1.82) is 0 Å². The fourth-order valence-electron chi connectivity index (χ4n) is 3.98. The molecule has 0 saturated heterocycles. The van der Waals surface area contributed by atoms with Crippen LogP contribution in [0, 0.1) is 0 Å². The number of nitrogens with two attached hydrogens (primary N) is 1. The zero-order chi connectivity index (χ0) is 19.5. The lowest BCUT2D eigenvalue weighted by molar-refractivity contribution is -0.910. The summed E-state index contributed by atoms with van der Waals surface area (Å²) in [5.41, 5.74) is 2.74. The monoisotopic (exact) mass is 374 g/mol. The summed E-state index contributed by atoms with van der Waals surface area (Å²) in [4.78, 5) is 13.5.